The summed E-state index contributed by atoms with van der Waals surface area (Å²) in [6.07, 6.45) is 2.95. The predicted octanol–water partition coefficient (Wildman–Crippen LogP) is -1.41. The molecule has 9 nitrogen and oxygen atoms in total. The lowest BCUT2D eigenvalue weighted by Gasteiger charge is -2.00. The van der Waals surface area contributed by atoms with Gasteiger partial charge in [-0.05, 0) is 17.0 Å². The average Bonchev–Trinajstić information content (AvgIpc) is 2.79. The van der Waals surface area contributed by atoms with Crippen molar-refractivity contribution in [3.05, 3.63) is 35.4 Å². The van der Waals surface area contributed by atoms with E-state index >= 15 is 0 Å². The Balaban J connectivity index is 2.33. The van der Waals surface area contributed by atoms with Crippen LogP contribution in [0, 0.1) is 5.21 Å². The van der Waals surface area contributed by atoms with E-state index in [1.807, 2.05) is 0 Å². The number of carbonyl (C=O) groups excluding carboxylic acids is 2. The molecule has 0 spiro atoms. The molecule has 0 unspecified atom stereocenters. The average molecular weight is 263 g/mol. The number of primary amides is 1. The highest BCUT2D eigenvalue weighted by Gasteiger charge is 2.28. The Kier molecular flexibility index (Phi) is 3.37. The molecular formula is C10H9N5O4. The maximum absolute atomic E-state index is 11.8. The van der Waals surface area contributed by atoms with Crippen LogP contribution in [0.4, 0.5) is 0 Å². The van der Waals surface area contributed by atoms with Gasteiger partial charge in [-0.15, -0.1) is 0 Å². The van der Waals surface area contributed by atoms with Crippen LogP contribution in [0.2, 0.25) is 0 Å². The molecule has 0 aliphatic carbocycles. The number of aromatic nitrogens is 3. The molecule has 2 amide bonds. The molecule has 19 heavy (non-hydrogen) atoms. The van der Waals surface area contributed by atoms with Gasteiger partial charge in [-0.1, -0.05) is 0 Å². The summed E-state index contributed by atoms with van der Waals surface area (Å²) < 4.78 is 4.38. The van der Waals surface area contributed by atoms with Crippen LogP contribution >= 0.6 is 0 Å². The lowest BCUT2D eigenvalue weighted by Crippen LogP contribution is -2.40. The van der Waals surface area contributed by atoms with E-state index in [4.69, 9.17) is 5.73 Å². The minimum atomic E-state index is -0.811. The van der Waals surface area contributed by atoms with Gasteiger partial charge >= 0.3 is 5.91 Å². The Morgan fingerprint density at radius 1 is 1.53 bits per heavy atom. The summed E-state index contributed by atoms with van der Waals surface area (Å²) in [6, 6.07) is 3.22. The molecule has 0 aliphatic heterocycles. The lowest BCUT2D eigenvalue weighted by molar-refractivity contribution is -0.803. The van der Waals surface area contributed by atoms with Crippen LogP contribution in [0.3, 0.4) is 0 Å². The fourth-order valence-electron chi connectivity index (χ4n) is 1.38. The number of nitrogens with zero attached hydrogens (tertiary/aromatic N) is 3. The third-order valence-electron chi connectivity index (χ3n) is 2.19. The van der Waals surface area contributed by atoms with Crippen LogP contribution in [-0.4, -0.2) is 28.5 Å². The third-order valence-corrected chi connectivity index (χ3v) is 2.19. The number of hydrogen-bond donors (Lipinski definition) is 2. The molecule has 2 aromatic heterocycles. The monoisotopic (exact) mass is 263 g/mol. The van der Waals surface area contributed by atoms with E-state index < -0.39 is 18.4 Å². The van der Waals surface area contributed by atoms with Crippen molar-refractivity contribution in [3.8, 4) is 11.3 Å². The largest absolute Gasteiger partial charge is 0.368 e. The zero-order valence-corrected chi connectivity index (χ0v) is 9.57. The molecule has 0 aliphatic rings. The molecule has 0 atom stereocenters. The first-order valence-corrected chi connectivity index (χ1v) is 5.16. The van der Waals surface area contributed by atoms with Gasteiger partial charge in [-0.25, -0.2) is 0 Å². The van der Waals surface area contributed by atoms with E-state index in [1.165, 1.54) is 12.4 Å². The number of amides is 2. The van der Waals surface area contributed by atoms with Crippen molar-refractivity contribution in [2.75, 3.05) is 6.54 Å². The Morgan fingerprint density at radius 2 is 2.32 bits per heavy atom. The quantitative estimate of drug-likeness (QED) is 0.649. The van der Waals surface area contributed by atoms with Gasteiger partial charge in [0.05, 0.1) is 12.1 Å². The molecule has 2 heterocycles. The highest BCUT2D eigenvalue weighted by molar-refractivity contribution is 5.98. The second-order valence-electron chi connectivity index (χ2n) is 3.52. The molecule has 2 rings (SSSR count). The molecule has 0 saturated carbocycles. The van der Waals surface area contributed by atoms with Crippen LogP contribution in [0.15, 0.2) is 29.2 Å². The summed E-state index contributed by atoms with van der Waals surface area (Å²) in [5, 5.41) is 17.1. The van der Waals surface area contributed by atoms with E-state index in [0.29, 0.717) is 5.56 Å². The maximum atomic E-state index is 11.8. The molecular weight excluding hydrogens is 254 g/mol. The third kappa shape index (κ3) is 2.65. The first-order chi connectivity index (χ1) is 9.09. The number of rotatable bonds is 4. The number of hydrogen-bond acceptors (Lipinski definition) is 6. The Bertz CT molecular complexity index is 610. The van der Waals surface area contributed by atoms with Crippen LogP contribution in [-0.2, 0) is 4.79 Å². The van der Waals surface area contributed by atoms with Crippen molar-refractivity contribution in [1.29, 1.82) is 0 Å². The molecule has 0 aromatic carbocycles. The summed E-state index contributed by atoms with van der Waals surface area (Å²) in [7, 11) is 0. The van der Waals surface area contributed by atoms with Crippen LogP contribution in [0.5, 0.6) is 0 Å². The van der Waals surface area contributed by atoms with E-state index in [2.05, 4.69) is 20.1 Å². The summed E-state index contributed by atoms with van der Waals surface area (Å²) in [6.45, 7) is -0.392. The second kappa shape index (κ2) is 5.12. The van der Waals surface area contributed by atoms with Gasteiger partial charge in [0.1, 0.15) is 0 Å². The second-order valence-corrected chi connectivity index (χ2v) is 3.52. The topological polar surface area (TPSA) is 138 Å². The van der Waals surface area contributed by atoms with Gasteiger partial charge in [0.2, 0.25) is 5.91 Å². The first kappa shape index (κ1) is 12.5. The van der Waals surface area contributed by atoms with Gasteiger partial charge in [0.15, 0.2) is 0 Å². The highest BCUT2D eigenvalue weighted by Crippen LogP contribution is 2.17. The molecule has 0 bridgehead atoms. The Hall–Kier alpha value is -2.97. The molecule has 2 aromatic rings. The van der Waals surface area contributed by atoms with E-state index in [9.17, 15) is 14.8 Å². The standard InChI is InChI=1S/C10H9N5O4/c11-7(16)5-13-10(17)9-8(14-19-15(9)18)6-2-1-3-12-4-6/h1-4H,5H2,(H2,11,16)(H,13,17). The molecule has 3 N–H and O–H groups in total. The number of nitrogens with one attached hydrogen (secondary N) is 1. The summed E-state index contributed by atoms with van der Waals surface area (Å²) in [5.41, 5.74) is 5.00. The number of pyridine rings is 1. The summed E-state index contributed by atoms with van der Waals surface area (Å²) in [5.74, 6) is -1.54. The van der Waals surface area contributed by atoms with Crippen molar-refractivity contribution in [1.82, 2.24) is 15.5 Å². The minimum Gasteiger partial charge on any atom is -0.368 e. The molecule has 0 fully saturated rings. The normalized spacial score (nSPS) is 10.1. The summed E-state index contributed by atoms with van der Waals surface area (Å²) in [4.78, 5) is 26.2. The number of carbonyl (C=O) groups is 2. The van der Waals surface area contributed by atoms with Crippen molar-refractivity contribution in [3.63, 3.8) is 0 Å². The van der Waals surface area contributed by atoms with Crippen molar-refractivity contribution in [2.24, 2.45) is 5.73 Å². The first-order valence-electron chi connectivity index (χ1n) is 5.16. The van der Waals surface area contributed by atoms with Crippen LogP contribution in [0.1, 0.15) is 10.5 Å². The smallest absolute Gasteiger partial charge is 0.300 e. The number of nitrogens with two attached hydrogens (primary N) is 1. The molecule has 0 saturated heterocycles. The van der Waals surface area contributed by atoms with Gasteiger partial charge < -0.3 is 16.3 Å². The van der Waals surface area contributed by atoms with Crippen LogP contribution < -0.4 is 16.0 Å². The van der Waals surface area contributed by atoms with Gasteiger partial charge in [0, 0.05) is 17.6 Å². The zero-order chi connectivity index (χ0) is 13.8. The van der Waals surface area contributed by atoms with Gasteiger partial charge in [-0.3, -0.25) is 19.2 Å². The van der Waals surface area contributed by atoms with Crippen LogP contribution in [0.25, 0.3) is 11.3 Å². The fourth-order valence-corrected chi connectivity index (χ4v) is 1.38. The molecule has 9 heteroatoms. The zero-order valence-electron chi connectivity index (χ0n) is 9.57. The van der Waals surface area contributed by atoms with E-state index in [-0.39, 0.29) is 16.3 Å². The Labute approximate surface area is 106 Å². The minimum absolute atomic E-state index is 0.0325. The van der Waals surface area contributed by atoms with E-state index in [0.717, 1.165) is 0 Å². The van der Waals surface area contributed by atoms with Gasteiger partial charge in [-0.2, -0.15) is 0 Å². The SMILES string of the molecule is NC(=O)CNC(=O)c1c(-c2cccnc2)no[n+]1[O-]. The van der Waals surface area contributed by atoms with Gasteiger partial charge in [0.25, 0.3) is 11.4 Å². The molecule has 98 valence electrons. The van der Waals surface area contributed by atoms with E-state index in [1.54, 1.807) is 12.1 Å². The van der Waals surface area contributed by atoms with Crippen molar-refractivity contribution < 1.29 is 19.1 Å². The van der Waals surface area contributed by atoms with Crippen molar-refractivity contribution >= 4 is 11.8 Å². The van der Waals surface area contributed by atoms with Crippen molar-refractivity contribution in [2.45, 2.75) is 0 Å². The maximum Gasteiger partial charge on any atom is 0.300 e. The molecule has 0 radical (unpaired) electrons. The lowest BCUT2D eigenvalue weighted by atomic mass is 10.1. The predicted molar refractivity (Wildman–Crippen MR) is 60.2 cm³/mol. The fraction of sp³-hybridized carbons (Fsp3) is 0.100. The Morgan fingerprint density at radius 3 is 2.95 bits per heavy atom. The highest BCUT2D eigenvalue weighted by atomic mass is 16.8. The summed E-state index contributed by atoms with van der Waals surface area (Å²) >= 11 is 0.